The van der Waals surface area contributed by atoms with Crippen molar-refractivity contribution < 1.29 is 9.52 Å². The third-order valence-electron chi connectivity index (χ3n) is 2.89. The van der Waals surface area contributed by atoms with Gasteiger partial charge in [-0.3, -0.25) is 4.90 Å². The largest absolute Gasteiger partial charge is 0.439 e. The van der Waals surface area contributed by atoms with Crippen molar-refractivity contribution in [1.29, 1.82) is 0 Å². The molecule has 0 unspecified atom stereocenters. The van der Waals surface area contributed by atoms with Gasteiger partial charge < -0.3 is 9.52 Å². The lowest BCUT2D eigenvalue weighted by molar-refractivity contribution is 0.185. The van der Waals surface area contributed by atoms with E-state index in [-0.39, 0.29) is 6.61 Å². The molecule has 19 heavy (non-hydrogen) atoms. The smallest absolute Gasteiger partial charge is 0.209 e. The molecule has 1 aromatic carbocycles. The summed E-state index contributed by atoms with van der Waals surface area (Å²) in [5.41, 5.74) is 0.913. The predicted octanol–water partition coefficient (Wildman–Crippen LogP) is 2.81. The van der Waals surface area contributed by atoms with Crippen LogP contribution in [0, 0.1) is 0 Å². The first kappa shape index (κ1) is 14.1. The second-order valence-electron chi connectivity index (χ2n) is 4.22. The number of rotatable bonds is 6. The van der Waals surface area contributed by atoms with Crippen LogP contribution in [0.4, 0.5) is 0 Å². The zero-order chi connectivity index (χ0) is 13.7. The van der Waals surface area contributed by atoms with E-state index in [2.05, 4.69) is 9.88 Å². The number of aliphatic hydroxyl groups is 1. The molecule has 2 rings (SSSR count). The summed E-state index contributed by atoms with van der Waals surface area (Å²) in [6, 6.07) is 7.48. The fourth-order valence-electron chi connectivity index (χ4n) is 1.84. The summed E-state index contributed by atoms with van der Waals surface area (Å²) < 4.78 is 5.71. The van der Waals surface area contributed by atoms with Gasteiger partial charge in [0, 0.05) is 17.1 Å². The zero-order valence-corrected chi connectivity index (χ0v) is 11.6. The summed E-state index contributed by atoms with van der Waals surface area (Å²) in [5.74, 6) is 1.35. The van der Waals surface area contributed by atoms with Gasteiger partial charge in [-0.05, 0) is 18.7 Å². The van der Waals surface area contributed by atoms with Crippen molar-refractivity contribution in [2.45, 2.75) is 13.5 Å². The Hall–Kier alpha value is -1.36. The Morgan fingerprint density at radius 3 is 2.95 bits per heavy atom. The molecule has 5 heteroatoms. The van der Waals surface area contributed by atoms with Crippen molar-refractivity contribution in [2.75, 3.05) is 19.7 Å². The Labute approximate surface area is 117 Å². The molecule has 102 valence electrons. The number of hydrogen-bond donors (Lipinski definition) is 1. The molecule has 1 heterocycles. The van der Waals surface area contributed by atoms with Crippen molar-refractivity contribution >= 4 is 11.6 Å². The van der Waals surface area contributed by atoms with E-state index < -0.39 is 0 Å². The summed E-state index contributed by atoms with van der Waals surface area (Å²) in [4.78, 5) is 6.32. The van der Waals surface area contributed by atoms with Gasteiger partial charge in [0.1, 0.15) is 0 Å². The lowest BCUT2D eigenvalue weighted by Crippen LogP contribution is -2.26. The van der Waals surface area contributed by atoms with Crippen LogP contribution in [0.15, 0.2) is 34.9 Å². The molecule has 1 N–H and O–H groups in total. The van der Waals surface area contributed by atoms with Crippen LogP contribution in [0.25, 0.3) is 11.3 Å². The lowest BCUT2D eigenvalue weighted by atomic mass is 10.2. The van der Waals surface area contributed by atoms with Gasteiger partial charge in [-0.2, -0.15) is 0 Å². The second-order valence-corrected chi connectivity index (χ2v) is 4.66. The number of oxazole rings is 1. The Balaban J connectivity index is 2.10. The highest BCUT2D eigenvalue weighted by Crippen LogP contribution is 2.23. The SMILES string of the molecule is CCN(CCO)Cc1ncc(-c2cccc(Cl)c2)o1. The third-order valence-corrected chi connectivity index (χ3v) is 3.12. The first-order valence-corrected chi connectivity index (χ1v) is 6.64. The molecular formula is C14H17ClN2O2. The van der Waals surface area contributed by atoms with Gasteiger partial charge >= 0.3 is 0 Å². The summed E-state index contributed by atoms with van der Waals surface area (Å²) in [5, 5.41) is 9.62. The summed E-state index contributed by atoms with van der Waals surface area (Å²) >= 11 is 5.95. The summed E-state index contributed by atoms with van der Waals surface area (Å²) in [6.45, 7) is 4.23. The van der Waals surface area contributed by atoms with Crippen LogP contribution < -0.4 is 0 Å². The monoisotopic (exact) mass is 280 g/mol. The maximum absolute atomic E-state index is 8.95. The number of aromatic nitrogens is 1. The molecule has 2 aromatic rings. The number of benzene rings is 1. The molecule has 0 atom stereocenters. The summed E-state index contributed by atoms with van der Waals surface area (Å²) in [6.07, 6.45) is 1.70. The molecule has 0 aliphatic heterocycles. The van der Waals surface area contributed by atoms with Crippen molar-refractivity contribution in [2.24, 2.45) is 0 Å². The van der Waals surface area contributed by atoms with E-state index in [1.165, 1.54) is 0 Å². The van der Waals surface area contributed by atoms with Crippen LogP contribution in [-0.2, 0) is 6.54 Å². The fraction of sp³-hybridized carbons (Fsp3) is 0.357. The Morgan fingerprint density at radius 1 is 1.42 bits per heavy atom. The highest BCUT2D eigenvalue weighted by Gasteiger charge is 2.10. The third kappa shape index (κ3) is 3.80. The minimum Gasteiger partial charge on any atom is -0.439 e. The molecule has 0 saturated heterocycles. The van der Waals surface area contributed by atoms with E-state index in [0.29, 0.717) is 29.8 Å². The van der Waals surface area contributed by atoms with Crippen LogP contribution >= 0.6 is 11.6 Å². The van der Waals surface area contributed by atoms with E-state index in [0.717, 1.165) is 12.1 Å². The van der Waals surface area contributed by atoms with E-state index in [9.17, 15) is 0 Å². The van der Waals surface area contributed by atoms with Crippen molar-refractivity contribution in [1.82, 2.24) is 9.88 Å². The minimum absolute atomic E-state index is 0.135. The first-order valence-electron chi connectivity index (χ1n) is 6.26. The van der Waals surface area contributed by atoms with Crippen LogP contribution in [0.5, 0.6) is 0 Å². The topological polar surface area (TPSA) is 49.5 Å². The first-order chi connectivity index (χ1) is 9.22. The molecule has 0 saturated carbocycles. The van der Waals surface area contributed by atoms with Gasteiger partial charge in [0.25, 0.3) is 0 Å². The van der Waals surface area contributed by atoms with Gasteiger partial charge in [-0.25, -0.2) is 4.98 Å². The molecule has 4 nitrogen and oxygen atoms in total. The maximum Gasteiger partial charge on any atom is 0.209 e. The van der Waals surface area contributed by atoms with Gasteiger partial charge in [-0.15, -0.1) is 0 Å². The Morgan fingerprint density at radius 2 is 2.26 bits per heavy atom. The fourth-order valence-corrected chi connectivity index (χ4v) is 2.03. The van der Waals surface area contributed by atoms with Crippen LogP contribution in [0.1, 0.15) is 12.8 Å². The quantitative estimate of drug-likeness (QED) is 0.884. The molecule has 0 bridgehead atoms. The molecule has 0 fully saturated rings. The second kappa shape index (κ2) is 6.70. The van der Waals surface area contributed by atoms with Gasteiger partial charge in [-0.1, -0.05) is 30.7 Å². The average Bonchev–Trinajstić information content (AvgIpc) is 2.87. The predicted molar refractivity (Wildman–Crippen MR) is 75.0 cm³/mol. The molecule has 0 amide bonds. The molecular weight excluding hydrogens is 264 g/mol. The number of likely N-dealkylation sites (N-methyl/N-ethyl adjacent to an activating group) is 1. The van der Waals surface area contributed by atoms with Gasteiger partial charge in [0.2, 0.25) is 5.89 Å². The summed E-state index contributed by atoms with van der Waals surface area (Å²) in [7, 11) is 0. The molecule has 0 radical (unpaired) electrons. The number of nitrogens with zero attached hydrogens (tertiary/aromatic N) is 2. The van der Waals surface area contributed by atoms with Crippen molar-refractivity contribution in [3.63, 3.8) is 0 Å². The molecule has 0 spiro atoms. The van der Waals surface area contributed by atoms with E-state index in [4.69, 9.17) is 21.1 Å². The van der Waals surface area contributed by atoms with E-state index in [1.807, 2.05) is 31.2 Å². The molecule has 0 aliphatic rings. The Bertz CT molecular complexity index is 528. The van der Waals surface area contributed by atoms with Crippen molar-refractivity contribution in [3.05, 3.63) is 41.4 Å². The standard InChI is InChI=1S/C14H17ClN2O2/c1-2-17(6-7-18)10-14-16-9-13(19-14)11-4-3-5-12(15)8-11/h3-5,8-9,18H,2,6-7,10H2,1H3. The van der Waals surface area contributed by atoms with E-state index >= 15 is 0 Å². The van der Waals surface area contributed by atoms with Crippen LogP contribution in [0.3, 0.4) is 0 Å². The average molecular weight is 281 g/mol. The molecule has 0 aliphatic carbocycles. The Kier molecular flexibility index (Phi) is 4.96. The highest BCUT2D eigenvalue weighted by molar-refractivity contribution is 6.30. The number of hydrogen-bond acceptors (Lipinski definition) is 4. The van der Waals surface area contributed by atoms with E-state index in [1.54, 1.807) is 6.20 Å². The van der Waals surface area contributed by atoms with Crippen molar-refractivity contribution in [3.8, 4) is 11.3 Å². The highest BCUT2D eigenvalue weighted by atomic mass is 35.5. The van der Waals surface area contributed by atoms with Gasteiger partial charge in [0.05, 0.1) is 19.3 Å². The zero-order valence-electron chi connectivity index (χ0n) is 10.8. The minimum atomic E-state index is 0.135. The molecule has 1 aromatic heterocycles. The van der Waals surface area contributed by atoms with Crippen LogP contribution in [0.2, 0.25) is 5.02 Å². The normalized spacial score (nSPS) is 11.2. The van der Waals surface area contributed by atoms with Gasteiger partial charge in [0.15, 0.2) is 5.76 Å². The maximum atomic E-state index is 8.95. The number of halogens is 1. The lowest BCUT2D eigenvalue weighted by Gasteiger charge is -2.16. The van der Waals surface area contributed by atoms with Crippen LogP contribution in [-0.4, -0.2) is 34.7 Å². The number of aliphatic hydroxyl groups excluding tert-OH is 1.